The Morgan fingerprint density at radius 3 is 2.52 bits per heavy atom. The van der Waals surface area contributed by atoms with Crippen molar-refractivity contribution in [3.8, 4) is 11.5 Å². The summed E-state index contributed by atoms with van der Waals surface area (Å²) in [7, 11) is 3.38. The SMILES string of the molecule is CCOc1cc(NC(=NC)NCc2ccccc2C)ccc1OC.I. The topological polar surface area (TPSA) is 54.9 Å². The van der Waals surface area contributed by atoms with Crippen LogP contribution in [-0.2, 0) is 6.54 Å². The number of hydrogen-bond donors (Lipinski definition) is 2. The van der Waals surface area contributed by atoms with Crippen LogP contribution >= 0.6 is 24.0 Å². The van der Waals surface area contributed by atoms with Gasteiger partial charge in [-0.3, -0.25) is 4.99 Å². The van der Waals surface area contributed by atoms with Crippen LogP contribution in [0.3, 0.4) is 0 Å². The van der Waals surface area contributed by atoms with Crippen LogP contribution in [0.4, 0.5) is 5.69 Å². The molecule has 5 nitrogen and oxygen atoms in total. The molecule has 25 heavy (non-hydrogen) atoms. The zero-order valence-electron chi connectivity index (χ0n) is 15.1. The van der Waals surface area contributed by atoms with E-state index < -0.39 is 0 Å². The van der Waals surface area contributed by atoms with Crippen molar-refractivity contribution in [3.05, 3.63) is 53.6 Å². The first-order valence-electron chi connectivity index (χ1n) is 8.01. The van der Waals surface area contributed by atoms with Crippen LogP contribution in [-0.4, -0.2) is 26.7 Å². The molecule has 0 aliphatic heterocycles. The third kappa shape index (κ3) is 6.12. The number of benzene rings is 2. The molecule has 0 spiro atoms. The summed E-state index contributed by atoms with van der Waals surface area (Å²) in [4.78, 5) is 4.27. The van der Waals surface area contributed by atoms with Crippen molar-refractivity contribution in [1.29, 1.82) is 0 Å². The molecule has 0 radical (unpaired) electrons. The maximum Gasteiger partial charge on any atom is 0.195 e. The summed E-state index contributed by atoms with van der Waals surface area (Å²) in [5.74, 6) is 2.12. The Hall–Kier alpha value is -1.96. The minimum atomic E-state index is 0. The Morgan fingerprint density at radius 2 is 1.88 bits per heavy atom. The average Bonchev–Trinajstić information content (AvgIpc) is 2.60. The van der Waals surface area contributed by atoms with E-state index in [0.29, 0.717) is 30.6 Å². The van der Waals surface area contributed by atoms with Gasteiger partial charge in [0, 0.05) is 25.3 Å². The third-order valence-electron chi connectivity index (χ3n) is 3.66. The number of aryl methyl sites for hydroxylation is 1. The monoisotopic (exact) mass is 455 g/mol. The van der Waals surface area contributed by atoms with E-state index in [1.54, 1.807) is 14.2 Å². The third-order valence-corrected chi connectivity index (χ3v) is 3.66. The average molecular weight is 455 g/mol. The second-order valence-electron chi connectivity index (χ2n) is 5.28. The number of anilines is 1. The zero-order chi connectivity index (χ0) is 17.4. The number of hydrogen-bond acceptors (Lipinski definition) is 3. The van der Waals surface area contributed by atoms with Gasteiger partial charge in [-0.2, -0.15) is 0 Å². The second-order valence-corrected chi connectivity index (χ2v) is 5.28. The number of nitrogens with zero attached hydrogens (tertiary/aromatic N) is 1. The van der Waals surface area contributed by atoms with Crippen molar-refractivity contribution in [1.82, 2.24) is 5.32 Å². The van der Waals surface area contributed by atoms with E-state index in [9.17, 15) is 0 Å². The highest BCUT2D eigenvalue weighted by Crippen LogP contribution is 2.30. The van der Waals surface area contributed by atoms with Gasteiger partial charge in [-0.05, 0) is 37.1 Å². The van der Waals surface area contributed by atoms with Crippen LogP contribution in [0.5, 0.6) is 11.5 Å². The lowest BCUT2D eigenvalue weighted by Gasteiger charge is -2.15. The fourth-order valence-corrected chi connectivity index (χ4v) is 2.33. The maximum atomic E-state index is 5.60. The summed E-state index contributed by atoms with van der Waals surface area (Å²) >= 11 is 0. The van der Waals surface area contributed by atoms with E-state index in [1.165, 1.54) is 11.1 Å². The number of aliphatic imine (C=N–C) groups is 1. The van der Waals surface area contributed by atoms with Crippen LogP contribution in [0, 0.1) is 6.92 Å². The Balaban J connectivity index is 0.00000312. The molecule has 0 aliphatic carbocycles. The molecule has 0 aliphatic rings. The molecule has 2 aromatic rings. The second kappa shape index (κ2) is 10.8. The van der Waals surface area contributed by atoms with Gasteiger partial charge in [0.25, 0.3) is 0 Å². The minimum absolute atomic E-state index is 0. The van der Waals surface area contributed by atoms with Gasteiger partial charge in [0.15, 0.2) is 17.5 Å². The van der Waals surface area contributed by atoms with Crippen molar-refractivity contribution in [2.24, 2.45) is 4.99 Å². The molecule has 136 valence electrons. The molecule has 2 N–H and O–H groups in total. The van der Waals surface area contributed by atoms with Crippen molar-refractivity contribution in [2.75, 3.05) is 26.1 Å². The van der Waals surface area contributed by atoms with Crippen LogP contribution < -0.4 is 20.1 Å². The first kappa shape index (κ1) is 21.1. The Bertz CT molecular complexity index is 705. The molecule has 0 unspecified atom stereocenters. The zero-order valence-corrected chi connectivity index (χ0v) is 17.5. The molecule has 0 fully saturated rings. The van der Waals surface area contributed by atoms with Gasteiger partial charge in [0.05, 0.1) is 13.7 Å². The Kier molecular flexibility index (Phi) is 9.12. The standard InChI is InChI=1S/C19H25N3O2.HI/c1-5-24-18-12-16(10-11-17(18)23-4)22-19(20-3)21-13-15-9-7-6-8-14(15)2;/h6-12H,5,13H2,1-4H3,(H2,20,21,22);1H. The number of halogens is 1. The fraction of sp³-hybridized carbons (Fsp3) is 0.316. The number of guanidine groups is 1. The predicted octanol–water partition coefficient (Wildman–Crippen LogP) is 4.21. The summed E-state index contributed by atoms with van der Waals surface area (Å²) in [6.45, 7) is 5.34. The summed E-state index contributed by atoms with van der Waals surface area (Å²) < 4.78 is 10.9. The van der Waals surface area contributed by atoms with E-state index in [4.69, 9.17) is 9.47 Å². The van der Waals surface area contributed by atoms with E-state index in [2.05, 4.69) is 34.7 Å². The normalized spacial score (nSPS) is 10.6. The van der Waals surface area contributed by atoms with Gasteiger partial charge in [-0.25, -0.2) is 0 Å². The highest BCUT2D eigenvalue weighted by atomic mass is 127. The molecule has 2 aromatic carbocycles. The van der Waals surface area contributed by atoms with E-state index >= 15 is 0 Å². The van der Waals surface area contributed by atoms with Gasteiger partial charge < -0.3 is 20.1 Å². The van der Waals surface area contributed by atoms with Gasteiger partial charge >= 0.3 is 0 Å². The summed E-state index contributed by atoms with van der Waals surface area (Å²) in [5.41, 5.74) is 3.38. The summed E-state index contributed by atoms with van der Waals surface area (Å²) in [6.07, 6.45) is 0. The van der Waals surface area contributed by atoms with Crippen LogP contribution in [0.1, 0.15) is 18.1 Å². The lowest BCUT2D eigenvalue weighted by molar-refractivity contribution is 0.311. The van der Waals surface area contributed by atoms with Crippen molar-refractivity contribution >= 4 is 35.6 Å². The molecule has 0 saturated heterocycles. The lowest BCUT2D eigenvalue weighted by Crippen LogP contribution is -2.30. The Labute approximate surface area is 166 Å². The molecule has 2 rings (SSSR count). The number of rotatable bonds is 6. The molecule has 0 saturated carbocycles. The molecular formula is C19H26IN3O2. The van der Waals surface area contributed by atoms with Gasteiger partial charge in [0.2, 0.25) is 0 Å². The number of methoxy groups -OCH3 is 1. The minimum Gasteiger partial charge on any atom is -0.493 e. The van der Waals surface area contributed by atoms with Gasteiger partial charge in [-0.15, -0.1) is 24.0 Å². The van der Waals surface area contributed by atoms with Crippen LogP contribution in [0.25, 0.3) is 0 Å². The van der Waals surface area contributed by atoms with E-state index in [0.717, 1.165) is 5.69 Å². The quantitative estimate of drug-likeness (QED) is 0.390. The molecule has 0 heterocycles. The van der Waals surface area contributed by atoms with Gasteiger partial charge in [0.1, 0.15) is 0 Å². The van der Waals surface area contributed by atoms with Gasteiger partial charge in [-0.1, -0.05) is 24.3 Å². The molecular weight excluding hydrogens is 429 g/mol. The number of ether oxygens (including phenoxy) is 2. The van der Waals surface area contributed by atoms with Crippen LogP contribution in [0.2, 0.25) is 0 Å². The van der Waals surface area contributed by atoms with E-state index in [1.807, 2.05) is 37.3 Å². The fourth-order valence-electron chi connectivity index (χ4n) is 2.33. The van der Waals surface area contributed by atoms with Crippen molar-refractivity contribution in [2.45, 2.75) is 20.4 Å². The highest BCUT2D eigenvalue weighted by molar-refractivity contribution is 14.0. The highest BCUT2D eigenvalue weighted by Gasteiger charge is 2.07. The molecule has 0 aromatic heterocycles. The molecule has 0 bridgehead atoms. The molecule has 6 heteroatoms. The predicted molar refractivity (Wildman–Crippen MR) is 115 cm³/mol. The smallest absolute Gasteiger partial charge is 0.195 e. The molecule has 0 amide bonds. The largest absolute Gasteiger partial charge is 0.493 e. The van der Waals surface area contributed by atoms with E-state index in [-0.39, 0.29) is 24.0 Å². The van der Waals surface area contributed by atoms with Crippen molar-refractivity contribution in [3.63, 3.8) is 0 Å². The lowest BCUT2D eigenvalue weighted by atomic mass is 10.1. The first-order chi connectivity index (χ1) is 11.7. The molecule has 0 atom stereocenters. The van der Waals surface area contributed by atoms with Crippen molar-refractivity contribution < 1.29 is 9.47 Å². The maximum absolute atomic E-state index is 5.60. The number of nitrogens with one attached hydrogen (secondary N) is 2. The summed E-state index contributed by atoms with van der Waals surface area (Å²) in [6, 6.07) is 14.0. The first-order valence-corrected chi connectivity index (χ1v) is 8.01. The Morgan fingerprint density at radius 1 is 1.12 bits per heavy atom. The summed E-state index contributed by atoms with van der Waals surface area (Å²) in [5, 5.41) is 6.59. The van der Waals surface area contributed by atoms with Crippen LogP contribution in [0.15, 0.2) is 47.5 Å².